The van der Waals surface area contributed by atoms with E-state index in [0.29, 0.717) is 53.8 Å². The molecular formula is C30H39ClN2O5. The fraction of sp³-hybridized carbons (Fsp3) is 0.467. The Hall–Kier alpha value is -3.03. The highest BCUT2D eigenvalue weighted by atomic mass is 35.5. The van der Waals surface area contributed by atoms with Crippen molar-refractivity contribution in [2.24, 2.45) is 0 Å². The first-order valence-electron chi connectivity index (χ1n) is 13.5. The Morgan fingerprint density at radius 3 is 2.32 bits per heavy atom. The Morgan fingerprint density at radius 1 is 0.974 bits per heavy atom. The van der Waals surface area contributed by atoms with Gasteiger partial charge in [0.2, 0.25) is 0 Å². The standard InChI is InChI=1S/C30H39ClN2O5/c1-5-9-19-38-24-16-13-22(20-25(24)37-8-4)27-26(28(34)21-11-14-23(31)15-12-21)29(35)30(36)33(27)18-10-17-32(6-2)7-3/h11-16,20,27,34H,5-10,17-19H2,1-4H3/b28-26+. The van der Waals surface area contributed by atoms with Crippen molar-refractivity contribution in [2.75, 3.05) is 39.4 Å². The molecule has 1 aliphatic heterocycles. The number of hydrogen-bond donors (Lipinski definition) is 1. The van der Waals surface area contributed by atoms with Crippen LogP contribution in [0.15, 0.2) is 48.0 Å². The molecule has 2 aromatic carbocycles. The molecule has 1 N–H and O–H groups in total. The number of carbonyl (C=O) groups excluding carboxylic acids is 2. The predicted octanol–water partition coefficient (Wildman–Crippen LogP) is 6.07. The Kier molecular flexibility index (Phi) is 11.0. The van der Waals surface area contributed by atoms with Crippen LogP contribution in [0.4, 0.5) is 0 Å². The first kappa shape index (κ1) is 29.5. The summed E-state index contributed by atoms with van der Waals surface area (Å²) in [7, 11) is 0. The van der Waals surface area contributed by atoms with E-state index in [4.69, 9.17) is 21.1 Å². The fourth-order valence-electron chi connectivity index (χ4n) is 4.63. The Bertz CT molecular complexity index is 1130. The second-order valence-corrected chi connectivity index (χ2v) is 9.66. The molecule has 0 spiro atoms. The normalized spacial score (nSPS) is 16.9. The summed E-state index contributed by atoms with van der Waals surface area (Å²) in [6, 6.07) is 11.3. The zero-order valence-corrected chi connectivity index (χ0v) is 23.6. The molecule has 0 radical (unpaired) electrons. The number of amides is 1. The summed E-state index contributed by atoms with van der Waals surface area (Å²) >= 11 is 6.03. The number of unbranched alkanes of at least 4 members (excludes halogenated alkanes) is 1. The van der Waals surface area contributed by atoms with Crippen LogP contribution in [0.25, 0.3) is 5.76 Å². The molecule has 1 fully saturated rings. The van der Waals surface area contributed by atoms with Crippen molar-refractivity contribution in [1.29, 1.82) is 0 Å². The number of ketones is 1. The van der Waals surface area contributed by atoms with Crippen LogP contribution in [-0.2, 0) is 9.59 Å². The van der Waals surface area contributed by atoms with Gasteiger partial charge < -0.3 is 24.4 Å². The van der Waals surface area contributed by atoms with Gasteiger partial charge in [0.25, 0.3) is 11.7 Å². The van der Waals surface area contributed by atoms with E-state index < -0.39 is 17.7 Å². The van der Waals surface area contributed by atoms with Gasteiger partial charge >= 0.3 is 0 Å². The van der Waals surface area contributed by atoms with Crippen LogP contribution in [-0.4, -0.2) is 66.0 Å². The monoisotopic (exact) mass is 542 g/mol. The van der Waals surface area contributed by atoms with E-state index in [2.05, 4.69) is 25.7 Å². The summed E-state index contributed by atoms with van der Waals surface area (Å²) in [5.74, 6) is -0.392. The van der Waals surface area contributed by atoms with Crippen LogP contribution < -0.4 is 9.47 Å². The van der Waals surface area contributed by atoms with Crippen LogP contribution in [0, 0.1) is 0 Å². The van der Waals surface area contributed by atoms with Gasteiger partial charge in [-0.25, -0.2) is 0 Å². The third-order valence-corrected chi connectivity index (χ3v) is 7.02. The number of nitrogens with zero attached hydrogens (tertiary/aromatic N) is 2. The van der Waals surface area contributed by atoms with Crippen molar-refractivity contribution in [3.8, 4) is 11.5 Å². The molecule has 8 heteroatoms. The minimum Gasteiger partial charge on any atom is -0.507 e. The van der Waals surface area contributed by atoms with Crippen molar-refractivity contribution in [1.82, 2.24) is 9.80 Å². The Labute approximate surface area is 231 Å². The average molecular weight is 543 g/mol. The fourth-order valence-corrected chi connectivity index (χ4v) is 4.76. The largest absolute Gasteiger partial charge is 0.507 e. The molecule has 0 aromatic heterocycles. The number of carbonyl (C=O) groups is 2. The molecule has 0 saturated carbocycles. The molecule has 1 heterocycles. The van der Waals surface area contributed by atoms with Crippen molar-refractivity contribution < 1.29 is 24.2 Å². The maximum Gasteiger partial charge on any atom is 0.295 e. The topological polar surface area (TPSA) is 79.3 Å². The lowest BCUT2D eigenvalue weighted by Gasteiger charge is -2.27. The van der Waals surface area contributed by atoms with Crippen molar-refractivity contribution >= 4 is 29.1 Å². The second kappa shape index (κ2) is 14.2. The van der Waals surface area contributed by atoms with E-state index in [-0.39, 0.29) is 11.3 Å². The van der Waals surface area contributed by atoms with Crippen LogP contribution in [0.5, 0.6) is 11.5 Å². The second-order valence-electron chi connectivity index (χ2n) is 9.22. The number of ether oxygens (including phenoxy) is 2. The molecule has 206 valence electrons. The van der Waals surface area contributed by atoms with E-state index in [1.165, 1.54) is 0 Å². The molecule has 1 atom stereocenters. The number of rotatable bonds is 14. The first-order chi connectivity index (χ1) is 18.4. The number of aliphatic hydroxyl groups is 1. The zero-order chi connectivity index (χ0) is 27.7. The van der Waals surface area contributed by atoms with E-state index >= 15 is 0 Å². The molecule has 2 aromatic rings. The maximum absolute atomic E-state index is 13.3. The third kappa shape index (κ3) is 6.88. The highest BCUT2D eigenvalue weighted by Crippen LogP contribution is 2.42. The molecule has 1 aliphatic rings. The molecular weight excluding hydrogens is 504 g/mol. The molecule has 1 saturated heterocycles. The molecule has 1 unspecified atom stereocenters. The predicted molar refractivity (Wildman–Crippen MR) is 151 cm³/mol. The minimum absolute atomic E-state index is 0.0576. The highest BCUT2D eigenvalue weighted by molar-refractivity contribution is 6.46. The number of aliphatic hydroxyl groups excluding tert-OH is 1. The summed E-state index contributed by atoms with van der Waals surface area (Å²) < 4.78 is 11.8. The summed E-state index contributed by atoms with van der Waals surface area (Å²) in [5.41, 5.74) is 1.15. The van der Waals surface area contributed by atoms with Gasteiger partial charge in [-0.2, -0.15) is 0 Å². The van der Waals surface area contributed by atoms with Crippen LogP contribution in [0.1, 0.15) is 64.1 Å². The van der Waals surface area contributed by atoms with E-state index in [9.17, 15) is 14.7 Å². The van der Waals surface area contributed by atoms with E-state index in [0.717, 1.165) is 32.5 Å². The van der Waals surface area contributed by atoms with Gasteiger partial charge in [0.05, 0.1) is 24.8 Å². The maximum atomic E-state index is 13.3. The van der Waals surface area contributed by atoms with Gasteiger partial charge in [-0.1, -0.05) is 44.9 Å². The van der Waals surface area contributed by atoms with Crippen molar-refractivity contribution in [2.45, 2.75) is 53.0 Å². The number of Topliss-reactive ketones (excluding diaryl/α,β-unsaturated/α-hetero) is 1. The first-order valence-corrected chi connectivity index (χ1v) is 13.9. The lowest BCUT2D eigenvalue weighted by atomic mass is 9.95. The zero-order valence-electron chi connectivity index (χ0n) is 22.8. The molecule has 38 heavy (non-hydrogen) atoms. The van der Waals surface area contributed by atoms with Crippen LogP contribution in [0.3, 0.4) is 0 Å². The summed E-state index contributed by atoms with van der Waals surface area (Å²) in [4.78, 5) is 30.5. The van der Waals surface area contributed by atoms with Gasteiger partial charge in [-0.15, -0.1) is 0 Å². The number of hydrogen-bond acceptors (Lipinski definition) is 6. The lowest BCUT2D eigenvalue weighted by molar-refractivity contribution is -0.140. The average Bonchev–Trinajstić information content (AvgIpc) is 3.17. The summed E-state index contributed by atoms with van der Waals surface area (Å²) in [6.45, 7) is 12.2. The van der Waals surface area contributed by atoms with E-state index in [1.807, 2.05) is 25.1 Å². The van der Waals surface area contributed by atoms with Crippen LogP contribution >= 0.6 is 11.6 Å². The number of likely N-dealkylation sites (tertiary alicyclic amines) is 1. The third-order valence-electron chi connectivity index (χ3n) is 6.76. The van der Waals surface area contributed by atoms with Gasteiger partial charge in [0.1, 0.15) is 5.76 Å². The molecule has 3 rings (SSSR count). The highest BCUT2D eigenvalue weighted by Gasteiger charge is 2.46. The van der Waals surface area contributed by atoms with E-state index in [1.54, 1.807) is 29.2 Å². The summed E-state index contributed by atoms with van der Waals surface area (Å²) in [5, 5.41) is 11.8. The van der Waals surface area contributed by atoms with Gasteiger partial charge in [-0.05, 0) is 81.4 Å². The Morgan fingerprint density at radius 2 is 1.68 bits per heavy atom. The van der Waals surface area contributed by atoms with Crippen LogP contribution in [0.2, 0.25) is 5.02 Å². The Balaban J connectivity index is 2.07. The minimum atomic E-state index is -0.758. The smallest absolute Gasteiger partial charge is 0.295 e. The molecule has 7 nitrogen and oxygen atoms in total. The lowest BCUT2D eigenvalue weighted by Crippen LogP contribution is -2.33. The number of benzene rings is 2. The molecule has 1 amide bonds. The van der Waals surface area contributed by atoms with Crippen molar-refractivity contribution in [3.05, 3.63) is 64.2 Å². The number of halogens is 1. The quantitative estimate of drug-likeness (QED) is 0.135. The van der Waals surface area contributed by atoms with Crippen molar-refractivity contribution in [3.63, 3.8) is 0 Å². The van der Waals surface area contributed by atoms with Gasteiger partial charge in [0, 0.05) is 17.1 Å². The van der Waals surface area contributed by atoms with Gasteiger partial charge in [-0.3, -0.25) is 9.59 Å². The summed E-state index contributed by atoms with van der Waals surface area (Å²) in [6.07, 6.45) is 2.62. The molecule has 0 aliphatic carbocycles. The van der Waals surface area contributed by atoms with Gasteiger partial charge in [0.15, 0.2) is 11.5 Å². The SMILES string of the molecule is CCCCOc1ccc(C2/C(=C(\O)c3ccc(Cl)cc3)C(=O)C(=O)N2CCCN(CC)CC)cc1OCC. The molecule has 0 bridgehead atoms.